The summed E-state index contributed by atoms with van der Waals surface area (Å²) in [5.74, 6) is 0.244. The highest BCUT2D eigenvalue weighted by molar-refractivity contribution is 6.30. The van der Waals surface area contributed by atoms with Gasteiger partial charge in [-0.15, -0.1) is 0 Å². The van der Waals surface area contributed by atoms with Crippen molar-refractivity contribution >= 4 is 29.3 Å². The van der Waals surface area contributed by atoms with Crippen molar-refractivity contribution in [3.05, 3.63) is 59.6 Å². The van der Waals surface area contributed by atoms with E-state index in [0.717, 1.165) is 5.69 Å². The third kappa shape index (κ3) is 4.71. The van der Waals surface area contributed by atoms with Gasteiger partial charge in [-0.2, -0.15) is 0 Å². The maximum Gasteiger partial charge on any atom is 0.414 e. The number of benzene rings is 2. The second-order valence-electron chi connectivity index (χ2n) is 6.73. The topological polar surface area (TPSA) is 67.9 Å². The van der Waals surface area contributed by atoms with Gasteiger partial charge in [-0.25, -0.2) is 4.79 Å². The number of hydrogen-bond donors (Lipinski definition) is 1. The molecule has 1 N–H and O–H groups in total. The van der Waals surface area contributed by atoms with Gasteiger partial charge in [0.25, 0.3) is 5.91 Å². The standard InChI is InChI=1S/C20H21ClN2O4/c1-20(2,27-16-10-8-14(21)9-11-16)18(24)22-12-17-13-23(19(25)26-17)15-6-4-3-5-7-15/h3-11,17H,12-13H2,1-2H3,(H,22,24). The van der Waals surface area contributed by atoms with E-state index in [0.29, 0.717) is 17.3 Å². The number of carbonyl (C=O) groups is 2. The van der Waals surface area contributed by atoms with Gasteiger partial charge in [0.2, 0.25) is 0 Å². The Hall–Kier alpha value is -2.73. The monoisotopic (exact) mass is 388 g/mol. The van der Waals surface area contributed by atoms with E-state index in [-0.39, 0.29) is 12.5 Å². The highest BCUT2D eigenvalue weighted by Gasteiger charge is 2.35. The van der Waals surface area contributed by atoms with E-state index in [9.17, 15) is 9.59 Å². The Labute approximate surface area is 163 Å². The van der Waals surface area contributed by atoms with Crippen LogP contribution in [0.4, 0.5) is 10.5 Å². The molecule has 142 valence electrons. The SMILES string of the molecule is CC(C)(Oc1ccc(Cl)cc1)C(=O)NCC1CN(c2ccccc2)C(=O)O1. The Morgan fingerprint density at radius 3 is 2.56 bits per heavy atom. The van der Waals surface area contributed by atoms with Crippen molar-refractivity contribution in [3.8, 4) is 5.75 Å². The Morgan fingerprint density at radius 2 is 1.89 bits per heavy atom. The Kier molecular flexibility index (Phi) is 5.56. The predicted molar refractivity (Wildman–Crippen MR) is 103 cm³/mol. The van der Waals surface area contributed by atoms with Crippen LogP contribution < -0.4 is 15.0 Å². The number of halogens is 1. The number of cyclic esters (lactones) is 1. The summed E-state index contributed by atoms with van der Waals surface area (Å²) in [6, 6.07) is 16.1. The molecule has 2 amide bonds. The van der Waals surface area contributed by atoms with Crippen LogP contribution in [0.2, 0.25) is 5.02 Å². The molecule has 0 spiro atoms. The van der Waals surface area contributed by atoms with Gasteiger partial charge in [0, 0.05) is 10.7 Å². The third-order valence-electron chi connectivity index (χ3n) is 4.17. The van der Waals surface area contributed by atoms with Gasteiger partial charge >= 0.3 is 6.09 Å². The smallest absolute Gasteiger partial charge is 0.414 e. The van der Waals surface area contributed by atoms with Crippen LogP contribution in [0.3, 0.4) is 0 Å². The molecule has 1 aliphatic heterocycles. The number of hydrogen-bond acceptors (Lipinski definition) is 4. The van der Waals surface area contributed by atoms with Gasteiger partial charge < -0.3 is 14.8 Å². The highest BCUT2D eigenvalue weighted by atomic mass is 35.5. The second kappa shape index (κ2) is 7.88. The molecule has 2 aromatic rings. The van der Waals surface area contributed by atoms with Gasteiger partial charge in [0.1, 0.15) is 11.9 Å². The minimum Gasteiger partial charge on any atom is -0.478 e. The van der Waals surface area contributed by atoms with Crippen LogP contribution in [-0.4, -0.2) is 36.8 Å². The minimum absolute atomic E-state index is 0.210. The summed E-state index contributed by atoms with van der Waals surface area (Å²) >= 11 is 5.86. The van der Waals surface area contributed by atoms with Crippen molar-refractivity contribution in [3.63, 3.8) is 0 Å². The molecule has 3 rings (SSSR count). The van der Waals surface area contributed by atoms with E-state index in [1.807, 2.05) is 30.3 Å². The van der Waals surface area contributed by atoms with Crippen molar-refractivity contribution in [1.29, 1.82) is 0 Å². The first-order valence-electron chi connectivity index (χ1n) is 8.61. The molecule has 0 aliphatic carbocycles. The van der Waals surface area contributed by atoms with Crippen LogP contribution in [0.15, 0.2) is 54.6 Å². The lowest BCUT2D eigenvalue weighted by molar-refractivity contribution is -0.134. The summed E-state index contributed by atoms with van der Waals surface area (Å²) in [5.41, 5.74) is -0.321. The Morgan fingerprint density at radius 1 is 1.22 bits per heavy atom. The van der Waals surface area contributed by atoms with Crippen LogP contribution >= 0.6 is 11.6 Å². The molecule has 1 unspecified atom stereocenters. The molecule has 1 saturated heterocycles. The molecule has 0 bridgehead atoms. The molecule has 0 aromatic heterocycles. The molecule has 0 saturated carbocycles. The van der Waals surface area contributed by atoms with Gasteiger partial charge in [-0.05, 0) is 50.2 Å². The molecule has 2 aromatic carbocycles. The van der Waals surface area contributed by atoms with Crippen LogP contribution in [-0.2, 0) is 9.53 Å². The normalized spacial score (nSPS) is 16.8. The van der Waals surface area contributed by atoms with E-state index < -0.39 is 17.8 Å². The maximum absolute atomic E-state index is 12.5. The first-order chi connectivity index (χ1) is 12.8. The van der Waals surface area contributed by atoms with Crippen molar-refractivity contribution in [2.75, 3.05) is 18.0 Å². The van der Waals surface area contributed by atoms with Crippen LogP contribution in [0, 0.1) is 0 Å². The highest BCUT2D eigenvalue weighted by Crippen LogP contribution is 2.22. The molecule has 1 heterocycles. The molecule has 27 heavy (non-hydrogen) atoms. The number of nitrogens with zero attached hydrogens (tertiary/aromatic N) is 1. The lowest BCUT2D eigenvalue weighted by Crippen LogP contribution is -2.48. The zero-order valence-electron chi connectivity index (χ0n) is 15.1. The van der Waals surface area contributed by atoms with E-state index in [1.54, 1.807) is 43.0 Å². The fourth-order valence-electron chi connectivity index (χ4n) is 2.71. The van der Waals surface area contributed by atoms with E-state index in [1.165, 1.54) is 0 Å². The van der Waals surface area contributed by atoms with E-state index in [4.69, 9.17) is 21.1 Å². The van der Waals surface area contributed by atoms with E-state index >= 15 is 0 Å². The van der Waals surface area contributed by atoms with E-state index in [2.05, 4.69) is 5.32 Å². The van der Waals surface area contributed by atoms with Crippen molar-refractivity contribution in [2.45, 2.75) is 25.6 Å². The molecule has 0 radical (unpaired) electrons. The number of ether oxygens (including phenoxy) is 2. The maximum atomic E-state index is 12.5. The number of para-hydroxylation sites is 1. The Bertz CT molecular complexity index is 808. The number of rotatable bonds is 6. The fourth-order valence-corrected chi connectivity index (χ4v) is 2.84. The minimum atomic E-state index is -1.09. The summed E-state index contributed by atoms with van der Waals surface area (Å²) in [4.78, 5) is 26.1. The van der Waals surface area contributed by atoms with Gasteiger partial charge in [0.05, 0.1) is 13.1 Å². The number of amides is 2. The quantitative estimate of drug-likeness (QED) is 0.820. The summed E-state index contributed by atoms with van der Waals surface area (Å²) < 4.78 is 11.1. The van der Waals surface area contributed by atoms with Crippen LogP contribution in [0.25, 0.3) is 0 Å². The molecule has 7 heteroatoms. The first-order valence-corrected chi connectivity index (χ1v) is 8.99. The van der Waals surface area contributed by atoms with Crippen molar-refractivity contribution in [2.24, 2.45) is 0 Å². The second-order valence-corrected chi connectivity index (χ2v) is 7.16. The third-order valence-corrected chi connectivity index (χ3v) is 4.42. The lowest BCUT2D eigenvalue weighted by Gasteiger charge is -2.25. The number of nitrogens with one attached hydrogen (secondary N) is 1. The summed E-state index contributed by atoms with van der Waals surface area (Å²) in [6.07, 6.45) is -0.842. The summed E-state index contributed by atoms with van der Waals surface area (Å²) in [5, 5.41) is 3.39. The fraction of sp³-hybridized carbons (Fsp3) is 0.300. The largest absolute Gasteiger partial charge is 0.478 e. The van der Waals surface area contributed by atoms with Crippen LogP contribution in [0.1, 0.15) is 13.8 Å². The van der Waals surface area contributed by atoms with Crippen molar-refractivity contribution in [1.82, 2.24) is 5.32 Å². The average Bonchev–Trinajstić information content (AvgIpc) is 3.03. The zero-order chi connectivity index (χ0) is 19.4. The number of anilines is 1. The first kappa shape index (κ1) is 19.0. The van der Waals surface area contributed by atoms with Crippen molar-refractivity contribution < 1.29 is 19.1 Å². The molecule has 1 aliphatic rings. The van der Waals surface area contributed by atoms with Gasteiger partial charge in [-0.3, -0.25) is 9.69 Å². The van der Waals surface area contributed by atoms with Crippen LogP contribution in [0.5, 0.6) is 5.75 Å². The molecular weight excluding hydrogens is 368 g/mol. The number of carbonyl (C=O) groups excluding carboxylic acids is 2. The molecular formula is C20H21ClN2O4. The lowest BCUT2D eigenvalue weighted by atomic mass is 10.1. The van der Waals surface area contributed by atoms with Gasteiger partial charge in [-0.1, -0.05) is 29.8 Å². The summed E-state index contributed by atoms with van der Waals surface area (Å²) in [7, 11) is 0. The Balaban J connectivity index is 1.54. The predicted octanol–water partition coefficient (Wildman–Crippen LogP) is 3.64. The van der Waals surface area contributed by atoms with Gasteiger partial charge in [0.15, 0.2) is 5.60 Å². The molecule has 6 nitrogen and oxygen atoms in total. The average molecular weight is 389 g/mol. The molecule has 1 atom stereocenters. The molecule has 1 fully saturated rings. The zero-order valence-corrected chi connectivity index (χ0v) is 15.9. The summed E-state index contributed by atoms with van der Waals surface area (Å²) in [6.45, 7) is 3.94.